The Morgan fingerprint density at radius 3 is 2.00 bits per heavy atom. The van der Waals surface area contributed by atoms with E-state index >= 15 is 0 Å². The van der Waals surface area contributed by atoms with Crippen molar-refractivity contribution < 1.29 is 22.0 Å². The van der Waals surface area contributed by atoms with Gasteiger partial charge in [-0.1, -0.05) is 37.3 Å². The normalized spacial score (nSPS) is 30.1. The van der Waals surface area contributed by atoms with E-state index in [9.17, 15) is 22.0 Å². The van der Waals surface area contributed by atoms with E-state index in [1.54, 1.807) is 0 Å². The highest BCUT2D eigenvalue weighted by molar-refractivity contribution is 6.37. The summed E-state index contributed by atoms with van der Waals surface area (Å²) in [5.74, 6) is 0.472. The van der Waals surface area contributed by atoms with Gasteiger partial charge in [-0.25, -0.2) is 4.39 Å². The van der Waals surface area contributed by atoms with Gasteiger partial charge in [0.15, 0.2) is 0 Å². The zero-order valence-corrected chi connectivity index (χ0v) is 17.1. The van der Waals surface area contributed by atoms with Crippen molar-refractivity contribution in [3.63, 3.8) is 0 Å². The quantitative estimate of drug-likeness (QED) is 0.380. The van der Waals surface area contributed by atoms with E-state index in [1.165, 1.54) is 31.7 Å². The van der Waals surface area contributed by atoms with Gasteiger partial charge in [0.1, 0.15) is 5.82 Å². The molecular weight excluding hydrogens is 375 g/mol. The van der Waals surface area contributed by atoms with Gasteiger partial charge in [-0.2, -0.15) is 13.2 Å². The Morgan fingerprint density at radius 2 is 1.48 bits per heavy atom. The van der Waals surface area contributed by atoms with Crippen molar-refractivity contribution in [2.75, 3.05) is 6.67 Å². The molecule has 0 heterocycles. The highest BCUT2D eigenvalue weighted by Gasteiger charge is 2.35. The third-order valence-electron chi connectivity index (χ3n) is 6.85. The minimum atomic E-state index is -4.63. The molecule has 2 aliphatic rings. The first kappa shape index (κ1) is 20.8. The Hall–Kier alpha value is -0.913. The number of halogens is 5. The van der Waals surface area contributed by atoms with Crippen LogP contribution in [-0.4, -0.2) is 16.2 Å². The minimum Gasteiger partial charge on any atom is -0.251 e. The van der Waals surface area contributed by atoms with Crippen LogP contribution in [0.2, 0.25) is 11.6 Å². The van der Waals surface area contributed by atoms with E-state index in [-0.39, 0.29) is 22.1 Å². The third-order valence-corrected chi connectivity index (χ3v) is 9.15. The molecule has 2 saturated carbocycles. The van der Waals surface area contributed by atoms with Crippen LogP contribution in [-0.2, 0) is 6.18 Å². The standard InChI is InChI=1S/C21H29F5Si/c22-11-12-27-18-8-5-15(6-9-18)14-1-3-16(4-2-14)17-7-10-19(20(23)13-17)21(24,25)26/h7,10,13-16,18H,1-6,8-9,11-12,27H2. The lowest BCUT2D eigenvalue weighted by Gasteiger charge is -2.38. The van der Waals surface area contributed by atoms with Crippen molar-refractivity contribution in [2.24, 2.45) is 11.8 Å². The van der Waals surface area contributed by atoms with Gasteiger partial charge < -0.3 is 0 Å². The first-order valence-corrected chi connectivity index (χ1v) is 12.1. The molecule has 0 saturated heterocycles. The predicted molar refractivity (Wildman–Crippen MR) is 101 cm³/mol. The van der Waals surface area contributed by atoms with Crippen molar-refractivity contribution in [2.45, 2.75) is 75.0 Å². The van der Waals surface area contributed by atoms with Crippen LogP contribution in [0.25, 0.3) is 0 Å². The summed E-state index contributed by atoms with van der Waals surface area (Å²) in [4.78, 5) is 0. The number of hydrogen-bond donors (Lipinski definition) is 0. The van der Waals surface area contributed by atoms with Gasteiger partial charge in [0, 0.05) is 9.52 Å². The van der Waals surface area contributed by atoms with Crippen molar-refractivity contribution in [3.8, 4) is 0 Å². The summed E-state index contributed by atoms with van der Waals surface area (Å²) in [6.45, 7) is -0.152. The molecule has 3 rings (SSSR count). The van der Waals surface area contributed by atoms with Gasteiger partial charge in [-0.3, -0.25) is 4.39 Å². The van der Waals surface area contributed by atoms with Crippen molar-refractivity contribution in [3.05, 3.63) is 35.1 Å². The van der Waals surface area contributed by atoms with Gasteiger partial charge in [0.05, 0.1) is 12.2 Å². The molecule has 2 fully saturated rings. The summed E-state index contributed by atoms with van der Waals surface area (Å²) in [5, 5.41) is 0. The Morgan fingerprint density at radius 1 is 0.889 bits per heavy atom. The summed E-state index contributed by atoms with van der Waals surface area (Å²) in [5.41, 5.74) is 0.358. The van der Waals surface area contributed by atoms with Gasteiger partial charge in [0.2, 0.25) is 0 Å². The van der Waals surface area contributed by atoms with Crippen LogP contribution in [0, 0.1) is 17.7 Å². The molecule has 152 valence electrons. The molecule has 0 aliphatic heterocycles. The van der Waals surface area contributed by atoms with E-state index in [2.05, 4.69) is 0 Å². The number of hydrogen-bond acceptors (Lipinski definition) is 0. The Balaban J connectivity index is 1.50. The van der Waals surface area contributed by atoms with E-state index in [1.807, 2.05) is 0 Å². The van der Waals surface area contributed by atoms with Crippen LogP contribution in [0.5, 0.6) is 0 Å². The van der Waals surface area contributed by atoms with Gasteiger partial charge in [-0.05, 0) is 67.2 Å². The summed E-state index contributed by atoms with van der Waals surface area (Å²) in [6, 6.07) is 4.26. The maximum atomic E-state index is 13.9. The van der Waals surface area contributed by atoms with Gasteiger partial charge in [0.25, 0.3) is 0 Å². The molecule has 0 bridgehead atoms. The van der Waals surface area contributed by atoms with Crippen molar-refractivity contribution in [1.29, 1.82) is 0 Å². The van der Waals surface area contributed by atoms with Crippen molar-refractivity contribution >= 4 is 9.52 Å². The summed E-state index contributed by atoms with van der Waals surface area (Å²) >= 11 is 0. The first-order valence-electron chi connectivity index (χ1n) is 10.3. The molecule has 0 nitrogen and oxygen atoms in total. The first-order chi connectivity index (χ1) is 12.9. The molecule has 0 radical (unpaired) electrons. The second-order valence-electron chi connectivity index (χ2n) is 8.46. The largest absolute Gasteiger partial charge is 0.419 e. The van der Waals surface area contributed by atoms with Crippen LogP contribution < -0.4 is 0 Å². The monoisotopic (exact) mass is 404 g/mol. The molecule has 0 atom stereocenters. The Bertz CT molecular complexity index is 599. The molecule has 0 N–H and O–H groups in total. The average molecular weight is 405 g/mol. The molecule has 1 aromatic rings. The smallest absolute Gasteiger partial charge is 0.251 e. The molecule has 27 heavy (non-hydrogen) atoms. The lowest BCUT2D eigenvalue weighted by atomic mass is 9.70. The van der Waals surface area contributed by atoms with Gasteiger partial charge in [-0.15, -0.1) is 0 Å². The number of alkyl halides is 4. The number of benzene rings is 1. The summed E-state index contributed by atoms with van der Waals surface area (Å²) in [6.07, 6.45) is 4.46. The summed E-state index contributed by atoms with van der Waals surface area (Å²) < 4.78 is 64.4. The fraction of sp³-hybridized carbons (Fsp3) is 0.714. The van der Waals surface area contributed by atoms with Gasteiger partial charge >= 0.3 is 6.18 Å². The average Bonchev–Trinajstić information content (AvgIpc) is 2.66. The minimum absolute atomic E-state index is 0.152. The lowest BCUT2D eigenvalue weighted by Crippen LogP contribution is -2.25. The second kappa shape index (κ2) is 9.06. The fourth-order valence-electron chi connectivity index (χ4n) is 5.25. The molecule has 2 aliphatic carbocycles. The highest BCUT2D eigenvalue weighted by atomic mass is 28.2. The SMILES string of the molecule is FCC[SiH2]C1CCC(C2CCC(c3ccc(C(F)(F)F)c(F)c3)CC2)CC1. The van der Waals surface area contributed by atoms with E-state index < -0.39 is 17.6 Å². The Labute approximate surface area is 160 Å². The predicted octanol–water partition coefficient (Wildman–Crippen LogP) is 6.65. The van der Waals surface area contributed by atoms with Crippen LogP contribution in [0.15, 0.2) is 18.2 Å². The van der Waals surface area contributed by atoms with Crippen molar-refractivity contribution in [1.82, 2.24) is 0 Å². The van der Waals surface area contributed by atoms with Crippen LogP contribution in [0.1, 0.15) is 68.4 Å². The number of rotatable bonds is 5. The highest BCUT2D eigenvalue weighted by Crippen LogP contribution is 2.45. The topological polar surface area (TPSA) is 0 Å². The summed E-state index contributed by atoms with van der Waals surface area (Å²) in [7, 11) is -0.237. The van der Waals surface area contributed by atoms with Crippen LogP contribution in [0.3, 0.4) is 0 Å². The third kappa shape index (κ3) is 5.33. The molecule has 1 aromatic carbocycles. The molecule has 0 unspecified atom stereocenters. The molecule has 0 amide bonds. The molecular formula is C21H29F5Si. The van der Waals surface area contributed by atoms with E-state index in [4.69, 9.17) is 0 Å². The molecule has 0 aromatic heterocycles. The molecule has 6 heteroatoms. The molecule has 0 spiro atoms. The van der Waals surface area contributed by atoms with Crippen LogP contribution in [0.4, 0.5) is 22.0 Å². The zero-order valence-electron chi connectivity index (χ0n) is 15.7. The Kier molecular flexibility index (Phi) is 6.98. The fourth-order valence-corrected chi connectivity index (χ4v) is 7.03. The maximum absolute atomic E-state index is 13.9. The van der Waals surface area contributed by atoms with E-state index in [0.717, 1.165) is 55.3 Å². The maximum Gasteiger partial charge on any atom is 0.419 e. The lowest BCUT2D eigenvalue weighted by molar-refractivity contribution is -0.140. The second-order valence-corrected chi connectivity index (χ2v) is 10.9. The van der Waals surface area contributed by atoms with Crippen LogP contribution >= 0.6 is 0 Å². The van der Waals surface area contributed by atoms with E-state index in [0.29, 0.717) is 11.5 Å². The zero-order chi connectivity index (χ0) is 19.4.